The lowest BCUT2D eigenvalue weighted by Gasteiger charge is -2.22. The van der Waals surface area contributed by atoms with Gasteiger partial charge in [-0.15, -0.1) is 21.5 Å². The molecule has 0 spiro atoms. The molecule has 0 N–H and O–H groups in total. The van der Waals surface area contributed by atoms with Gasteiger partial charge in [0.25, 0.3) is 0 Å². The molecule has 0 atom stereocenters. The smallest absolute Gasteiger partial charge is 0.139 e. The molecule has 1 heterocycles. The van der Waals surface area contributed by atoms with Crippen LogP contribution in [-0.2, 0) is 11.2 Å². The molecular weight excluding hydrogens is 266 g/mol. The van der Waals surface area contributed by atoms with Gasteiger partial charge in [0, 0.05) is 5.69 Å². The minimum absolute atomic E-state index is 0.252. The summed E-state index contributed by atoms with van der Waals surface area (Å²) >= 11 is 6.83. The van der Waals surface area contributed by atoms with Crippen LogP contribution in [-0.4, -0.2) is 28.0 Å². The molecule has 0 saturated heterocycles. The number of aldehydes is 1. The molecule has 18 heavy (non-hydrogen) atoms. The second kappa shape index (κ2) is 6.32. The van der Waals surface area contributed by atoms with Crippen molar-refractivity contribution in [2.75, 3.05) is 11.4 Å². The molecule has 0 unspecified atom stereocenters. The number of thiocarbonyl (C=S) groups is 1. The van der Waals surface area contributed by atoms with Crippen molar-refractivity contribution in [3.8, 4) is 0 Å². The Morgan fingerprint density at radius 2 is 2.17 bits per heavy atom. The van der Waals surface area contributed by atoms with Crippen molar-refractivity contribution in [2.24, 2.45) is 0 Å². The van der Waals surface area contributed by atoms with E-state index in [1.165, 1.54) is 11.3 Å². The summed E-state index contributed by atoms with van der Waals surface area (Å²) in [4.78, 5) is 13.2. The van der Waals surface area contributed by atoms with Crippen LogP contribution < -0.4 is 4.90 Å². The fraction of sp³-hybridized carbons (Fsp3) is 0.167. The van der Waals surface area contributed by atoms with E-state index in [9.17, 15) is 4.79 Å². The average molecular weight is 277 g/mol. The lowest BCUT2D eigenvalue weighted by atomic mass is 10.2. The van der Waals surface area contributed by atoms with Gasteiger partial charge in [-0.05, 0) is 12.1 Å². The lowest BCUT2D eigenvalue weighted by Crippen LogP contribution is -2.32. The Labute approximate surface area is 114 Å². The van der Waals surface area contributed by atoms with Crippen molar-refractivity contribution < 1.29 is 4.79 Å². The number of rotatable bonds is 5. The number of aromatic nitrogens is 2. The second-order valence-corrected chi connectivity index (χ2v) is 4.90. The Kier molecular flexibility index (Phi) is 4.49. The maximum absolute atomic E-state index is 10.8. The molecule has 6 heteroatoms. The maximum atomic E-state index is 10.8. The molecule has 0 aliphatic rings. The third kappa shape index (κ3) is 3.18. The molecule has 0 fully saturated rings. The van der Waals surface area contributed by atoms with Gasteiger partial charge in [0.05, 0.1) is 18.0 Å². The predicted molar refractivity (Wildman–Crippen MR) is 76.1 cm³/mol. The van der Waals surface area contributed by atoms with Crippen molar-refractivity contribution >= 4 is 40.5 Å². The number of hydrogen-bond donors (Lipinski definition) is 0. The van der Waals surface area contributed by atoms with E-state index in [-0.39, 0.29) is 6.54 Å². The van der Waals surface area contributed by atoms with Crippen LogP contribution >= 0.6 is 23.6 Å². The molecule has 2 aromatic rings. The molecule has 0 radical (unpaired) electrons. The van der Waals surface area contributed by atoms with Crippen LogP contribution in [0.25, 0.3) is 0 Å². The number of anilines is 1. The summed E-state index contributed by atoms with van der Waals surface area (Å²) in [6.45, 7) is 0.252. The lowest BCUT2D eigenvalue weighted by molar-refractivity contribution is -0.106. The Hall–Kier alpha value is -1.66. The van der Waals surface area contributed by atoms with E-state index >= 15 is 0 Å². The Bertz CT molecular complexity index is 513. The van der Waals surface area contributed by atoms with Crippen LogP contribution in [0.2, 0.25) is 0 Å². The van der Waals surface area contributed by atoms with Gasteiger partial charge in [-0.2, -0.15) is 0 Å². The van der Waals surface area contributed by atoms with Gasteiger partial charge in [0.1, 0.15) is 16.8 Å². The van der Waals surface area contributed by atoms with Gasteiger partial charge < -0.3 is 9.69 Å². The topological polar surface area (TPSA) is 46.1 Å². The Balaban J connectivity index is 2.15. The number of carbonyl (C=O) groups is 1. The number of carbonyl (C=O) groups excluding carboxylic acids is 1. The molecule has 0 aliphatic heterocycles. The van der Waals surface area contributed by atoms with E-state index in [4.69, 9.17) is 12.2 Å². The number of nitrogens with zero attached hydrogens (tertiary/aromatic N) is 3. The summed E-state index contributed by atoms with van der Waals surface area (Å²) in [6, 6.07) is 9.61. The predicted octanol–water partition coefficient (Wildman–Crippen LogP) is 2.11. The summed E-state index contributed by atoms with van der Waals surface area (Å²) in [5.41, 5.74) is 2.59. The summed E-state index contributed by atoms with van der Waals surface area (Å²) < 4.78 is 0. The molecule has 0 aliphatic carbocycles. The van der Waals surface area contributed by atoms with Gasteiger partial charge in [0.2, 0.25) is 0 Å². The quantitative estimate of drug-likeness (QED) is 0.619. The fourth-order valence-corrected chi connectivity index (χ4v) is 2.47. The highest BCUT2D eigenvalue weighted by atomic mass is 32.1. The van der Waals surface area contributed by atoms with Gasteiger partial charge in [0.15, 0.2) is 0 Å². The van der Waals surface area contributed by atoms with Crippen molar-refractivity contribution in [3.63, 3.8) is 0 Å². The van der Waals surface area contributed by atoms with E-state index < -0.39 is 0 Å². The average Bonchev–Trinajstić information content (AvgIpc) is 2.89. The molecule has 92 valence electrons. The number of benzene rings is 1. The molecule has 4 nitrogen and oxygen atoms in total. The van der Waals surface area contributed by atoms with Gasteiger partial charge >= 0.3 is 0 Å². The van der Waals surface area contributed by atoms with Crippen molar-refractivity contribution in [1.29, 1.82) is 0 Å². The van der Waals surface area contributed by atoms with E-state index in [1.807, 2.05) is 35.2 Å². The fourth-order valence-electron chi connectivity index (χ4n) is 1.53. The molecule has 0 saturated carbocycles. The number of hydrogen-bond acceptors (Lipinski definition) is 5. The van der Waals surface area contributed by atoms with E-state index in [2.05, 4.69) is 10.2 Å². The van der Waals surface area contributed by atoms with Crippen LogP contribution in [0.1, 0.15) is 5.01 Å². The van der Waals surface area contributed by atoms with Crippen LogP contribution in [0.4, 0.5) is 5.69 Å². The normalized spacial score (nSPS) is 10.0. The monoisotopic (exact) mass is 277 g/mol. The molecule has 0 amide bonds. The van der Waals surface area contributed by atoms with Crippen LogP contribution in [0.15, 0.2) is 35.8 Å². The zero-order valence-corrected chi connectivity index (χ0v) is 11.2. The summed E-state index contributed by atoms with van der Waals surface area (Å²) in [5, 5.41) is 8.59. The minimum Gasteiger partial charge on any atom is -0.329 e. The van der Waals surface area contributed by atoms with Crippen molar-refractivity contribution in [2.45, 2.75) is 6.42 Å². The third-order valence-electron chi connectivity index (χ3n) is 2.33. The van der Waals surface area contributed by atoms with Crippen molar-refractivity contribution in [1.82, 2.24) is 10.2 Å². The Morgan fingerprint density at radius 1 is 1.39 bits per heavy atom. The zero-order valence-electron chi connectivity index (χ0n) is 9.52. The van der Waals surface area contributed by atoms with Gasteiger partial charge in [-0.1, -0.05) is 30.4 Å². The van der Waals surface area contributed by atoms with Crippen molar-refractivity contribution in [3.05, 3.63) is 40.8 Å². The molecule has 1 aromatic heterocycles. The highest BCUT2D eigenvalue weighted by Gasteiger charge is 2.13. The van der Waals surface area contributed by atoms with Crippen LogP contribution in [0.3, 0.4) is 0 Å². The third-order valence-corrected chi connectivity index (χ3v) is 3.40. The van der Waals surface area contributed by atoms with Gasteiger partial charge in [-0.3, -0.25) is 0 Å². The highest BCUT2D eigenvalue weighted by Crippen LogP contribution is 2.16. The first-order chi connectivity index (χ1) is 8.81. The first-order valence-corrected chi connectivity index (χ1v) is 6.64. The standard InChI is InChI=1S/C12H11N3OS2/c16-7-6-15(10-4-2-1-3-5-10)12(17)8-11-14-13-9-18-11/h1-5,7,9H,6,8H2. The van der Waals surface area contributed by atoms with Crippen LogP contribution in [0.5, 0.6) is 0 Å². The minimum atomic E-state index is 0.252. The first kappa shape index (κ1) is 12.8. The maximum Gasteiger partial charge on any atom is 0.139 e. The molecule has 2 rings (SSSR count). The zero-order chi connectivity index (χ0) is 12.8. The first-order valence-electron chi connectivity index (χ1n) is 5.35. The summed E-state index contributed by atoms with van der Waals surface area (Å²) in [7, 11) is 0. The van der Waals surface area contributed by atoms with E-state index in [0.717, 1.165) is 17.0 Å². The van der Waals surface area contributed by atoms with Crippen LogP contribution in [0, 0.1) is 0 Å². The summed E-state index contributed by atoms with van der Waals surface area (Å²) in [6.07, 6.45) is 1.38. The molecule has 0 bridgehead atoms. The largest absolute Gasteiger partial charge is 0.329 e. The van der Waals surface area contributed by atoms with E-state index in [1.54, 1.807) is 5.51 Å². The summed E-state index contributed by atoms with van der Waals surface area (Å²) in [5.74, 6) is 0. The SMILES string of the molecule is O=CCN(C(=S)Cc1nncs1)c1ccccc1. The highest BCUT2D eigenvalue weighted by molar-refractivity contribution is 7.80. The Morgan fingerprint density at radius 3 is 2.78 bits per heavy atom. The van der Waals surface area contributed by atoms with Gasteiger partial charge in [-0.25, -0.2) is 0 Å². The number of para-hydroxylation sites is 1. The molecule has 1 aromatic carbocycles. The molecular formula is C12H11N3OS2. The van der Waals surface area contributed by atoms with E-state index in [0.29, 0.717) is 11.4 Å². The second-order valence-electron chi connectivity index (χ2n) is 3.52.